The molecule has 2 rings (SSSR count). The highest BCUT2D eigenvalue weighted by Gasteiger charge is 2.34. The zero-order valence-electron chi connectivity index (χ0n) is 12.2. The van der Waals surface area contributed by atoms with Crippen molar-refractivity contribution in [3.63, 3.8) is 0 Å². The molecule has 2 aromatic carbocycles. The number of hydrogen-bond acceptors (Lipinski definition) is 3. The SMILES string of the molecule is CC(C(=O)Cl)N(c1cc(Cl)ccc1F)S(=O)(=O)c1ccc(Cl)cc1. The van der Waals surface area contributed by atoms with Crippen molar-refractivity contribution in [2.45, 2.75) is 17.9 Å². The Hall–Kier alpha value is -1.34. The van der Waals surface area contributed by atoms with Gasteiger partial charge in [0.25, 0.3) is 10.0 Å². The van der Waals surface area contributed by atoms with Gasteiger partial charge >= 0.3 is 0 Å². The van der Waals surface area contributed by atoms with Gasteiger partial charge in [-0.3, -0.25) is 9.10 Å². The summed E-state index contributed by atoms with van der Waals surface area (Å²) in [6.07, 6.45) is 0. The molecule has 0 radical (unpaired) electrons. The van der Waals surface area contributed by atoms with Gasteiger partial charge in [0, 0.05) is 10.0 Å². The molecule has 0 aliphatic heterocycles. The Kier molecular flexibility index (Phi) is 5.75. The molecule has 128 valence electrons. The topological polar surface area (TPSA) is 54.5 Å². The van der Waals surface area contributed by atoms with Crippen LogP contribution in [0.4, 0.5) is 10.1 Å². The van der Waals surface area contributed by atoms with E-state index in [0.29, 0.717) is 9.33 Å². The van der Waals surface area contributed by atoms with Gasteiger partial charge in [-0.2, -0.15) is 0 Å². The molecule has 0 heterocycles. The van der Waals surface area contributed by atoms with Crippen LogP contribution in [0.5, 0.6) is 0 Å². The summed E-state index contributed by atoms with van der Waals surface area (Å²) >= 11 is 17.1. The van der Waals surface area contributed by atoms with Gasteiger partial charge in [-0.1, -0.05) is 23.2 Å². The number of carbonyl (C=O) groups excluding carboxylic acids is 1. The van der Waals surface area contributed by atoms with Crippen LogP contribution in [0.2, 0.25) is 10.0 Å². The Balaban J connectivity index is 2.68. The molecule has 0 aromatic heterocycles. The van der Waals surface area contributed by atoms with E-state index in [0.717, 1.165) is 12.1 Å². The van der Waals surface area contributed by atoms with Gasteiger partial charge in [0.15, 0.2) is 0 Å². The van der Waals surface area contributed by atoms with Gasteiger partial charge in [0.1, 0.15) is 11.9 Å². The minimum Gasteiger partial charge on any atom is -0.279 e. The van der Waals surface area contributed by atoms with E-state index in [4.69, 9.17) is 34.8 Å². The Bertz CT molecular complexity index is 872. The Labute approximate surface area is 153 Å². The Morgan fingerprint density at radius 1 is 1.08 bits per heavy atom. The van der Waals surface area contributed by atoms with Gasteiger partial charge in [0.2, 0.25) is 5.24 Å². The first-order valence-corrected chi connectivity index (χ1v) is 9.16. The minimum atomic E-state index is -4.28. The van der Waals surface area contributed by atoms with Crippen LogP contribution in [-0.2, 0) is 14.8 Å². The fourth-order valence-electron chi connectivity index (χ4n) is 2.01. The van der Waals surface area contributed by atoms with E-state index in [1.807, 2.05) is 0 Å². The lowest BCUT2D eigenvalue weighted by atomic mass is 10.2. The van der Waals surface area contributed by atoms with Crippen LogP contribution in [0.25, 0.3) is 0 Å². The second-order valence-electron chi connectivity index (χ2n) is 4.83. The van der Waals surface area contributed by atoms with Gasteiger partial charge in [-0.25, -0.2) is 12.8 Å². The first kappa shape index (κ1) is 19.0. The van der Waals surface area contributed by atoms with Crippen molar-refractivity contribution in [3.05, 3.63) is 58.3 Å². The third kappa shape index (κ3) is 3.83. The number of sulfonamides is 1. The van der Waals surface area contributed by atoms with Crippen LogP contribution in [-0.4, -0.2) is 19.7 Å². The van der Waals surface area contributed by atoms with Crippen LogP contribution in [0.1, 0.15) is 6.92 Å². The van der Waals surface area contributed by atoms with E-state index in [-0.39, 0.29) is 15.6 Å². The molecule has 0 bridgehead atoms. The van der Waals surface area contributed by atoms with Gasteiger partial charge < -0.3 is 0 Å². The maximum Gasteiger partial charge on any atom is 0.265 e. The third-order valence-corrected chi connectivity index (χ3v) is 5.90. The van der Waals surface area contributed by atoms with E-state index in [1.165, 1.54) is 37.3 Å². The highest BCUT2D eigenvalue weighted by molar-refractivity contribution is 7.93. The van der Waals surface area contributed by atoms with Gasteiger partial charge in [0.05, 0.1) is 10.6 Å². The highest BCUT2D eigenvalue weighted by Crippen LogP contribution is 2.31. The summed E-state index contributed by atoms with van der Waals surface area (Å²) in [6, 6.07) is 7.27. The summed E-state index contributed by atoms with van der Waals surface area (Å²) in [6.45, 7) is 1.25. The van der Waals surface area contributed by atoms with Crippen LogP contribution >= 0.6 is 34.8 Å². The van der Waals surface area contributed by atoms with Gasteiger partial charge in [-0.05, 0) is 61.0 Å². The second-order valence-corrected chi connectivity index (χ2v) is 7.89. The predicted octanol–water partition coefficient (Wildman–Crippen LogP) is 4.48. The predicted molar refractivity (Wildman–Crippen MR) is 92.8 cm³/mol. The van der Waals surface area contributed by atoms with E-state index in [1.54, 1.807) is 0 Å². The second kappa shape index (κ2) is 7.27. The zero-order valence-corrected chi connectivity index (χ0v) is 15.3. The van der Waals surface area contributed by atoms with Crippen molar-refractivity contribution >= 4 is 55.8 Å². The number of carbonyl (C=O) groups is 1. The molecule has 0 aliphatic rings. The van der Waals surface area contributed by atoms with Crippen LogP contribution in [0, 0.1) is 5.82 Å². The van der Waals surface area contributed by atoms with Crippen molar-refractivity contribution in [2.75, 3.05) is 4.31 Å². The lowest BCUT2D eigenvalue weighted by molar-refractivity contribution is -0.112. The van der Waals surface area contributed by atoms with Crippen molar-refractivity contribution in [1.29, 1.82) is 0 Å². The molecule has 0 fully saturated rings. The molecule has 0 aliphatic carbocycles. The largest absolute Gasteiger partial charge is 0.279 e. The van der Waals surface area contributed by atoms with Crippen LogP contribution < -0.4 is 4.31 Å². The lowest BCUT2D eigenvalue weighted by Crippen LogP contribution is -2.42. The molecule has 0 saturated heterocycles. The quantitative estimate of drug-likeness (QED) is 0.683. The summed E-state index contributed by atoms with van der Waals surface area (Å²) in [5.41, 5.74) is -0.376. The summed E-state index contributed by atoms with van der Waals surface area (Å²) in [7, 11) is -4.28. The molecular formula is C15H11Cl3FNO3S. The molecule has 1 atom stereocenters. The van der Waals surface area contributed by atoms with E-state index >= 15 is 0 Å². The average molecular weight is 411 g/mol. The summed E-state index contributed by atoms with van der Waals surface area (Å²) in [5.74, 6) is -0.860. The van der Waals surface area contributed by atoms with E-state index in [2.05, 4.69) is 0 Å². The normalized spacial score (nSPS) is 12.7. The number of anilines is 1. The molecule has 0 saturated carbocycles. The summed E-state index contributed by atoms with van der Waals surface area (Å²) < 4.78 is 40.6. The van der Waals surface area contributed by atoms with Crippen molar-refractivity contribution < 1.29 is 17.6 Å². The molecule has 0 amide bonds. The first-order valence-electron chi connectivity index (χ1n) is 6.59. The monoisotopic (exact) mass is 409 g/mol. The zero-order chi connectivity index (χ0) is 18.1. The fraction of sp³-hybridized carbons (Fsp3) is 0.133. The Morgan fingerprint density at radius 3 is 2.17 bits per heavy atom. The Morgan fingerprint density at radius 2 is 1.62 bits per heavy atom. The molecule has 9 heteroatoms. The average Bonchev–Trinajstić information content (AvgIpc) is 2.51. The molecule has 0 N–H and O–H groups in total. The number of nitrogens with zero attached hydrogens (tertiary/aromatic N) is 1. The van der Waals surface area contributed by atoms with E-state index < -0.39 is 27.1 Å². The molecule has 0 spiro atoms. The molecule has 24 heavy (non-hydrogen) atoms. The molecule has 4 nitrogen and oxygen atoms in total. The fourth-order valence-corrected chi connectivity index (χ4v) is 4.08. The first-order chi connectivity index (χ1) is 11.1. The number of hydrogen-bond donors (Lipinski definition) is 0. The van der Waals surface area contributed by atoms with Crippen molar-refractivity contribution in [2.24, 2.45) is 0 Å². The molecular weight excluding hydrogens is 400 g/mol. The lowest BCUT2D eigenvalue weighted by Gasteiger charge is -2.28. The number of halogens is 4. The smallest absolute Gasteiger partial charge is 0.265 e. The minimum absolute atomic E-state index is 0.108. The summed E-state index contributed by atoms with van der Waals surface area (Å²) in [4.78, 5) is 11.4. The van der Waals surface area contributed by atoms with E-state index in [9.17, 15) is 17.6 Å². The van der Waals surface area contributed by atoms with Gasteiger partial charge in [-0.15, -0.1) is 0 Å². The highest BCUT2D eigenvalue weighted by atomic mass is 35.5. The van der Waals surface area contributed by atoms with Crippen molar-refractivity contribution in [1.82, 2.24) is 0 Å². The maximum absolute atomic E-state index is 14.2. The van der Waals surface area contributed by atoms with Crippen LogP contribution in [0.15, 0.2) is 47.4 Å². The van der Waals surface area contributed by atoms with Crippen LogP contribution in [0.3, 0.4) is 0 Å². The standard InChI is InChI=1S/C15H11Cl3FNO3S/c1-9(15(18)21)20(14-8-11(17)4-7-13(14)19)24(22,23)12-5-2-10(16)3-6-12/h2-9H,1H3. The molecule has 1 unspecified atom stereocenters. The molecule has 2 aromatic rings. The number of benzene rings is 2. The third-order valence-electron chi connectivity index (χ3n) is 3.20. The van der Waals surface area contributed by atoms with Crippen molar-refractivity contribution in [3.8, 4) is 0 Å². The number of rotatable bonds is 5. The maximum atomic E-state index is 14.2. The summed E-state index contributed by atoms with van der Waals surface area (Å²) in [5, 5.41) is -0.528.